The molecule has 0 radical (unpaired) electrons. The van der Waals surface area contributed by atoms with E-state index in [2.05, 4.69) is 52.8 Å². The Labute approximate surface area is 167 Å². The Hall–Kier alpha value is -1.43. The minimum absolute atomic E-state index is 0.0817. The van der Waals surface area contributed by atoms with Crippen LogP contribution in [0.2, 0.25) is 0 Å². The van der Waals surface area contributed by atoms with Crippen LogP contribution in [0.15, 0.2) is 66.0 Å². The summed E-state index contributed by atoms with van der Waals surface area (Å²) in [5.74, 6) is 1.04. The summed E-state index contributed by atoms with van der Waals surface area (Å²) in [5.41, 5.74) is 6.21. The summed E-state index contributed by atoms with van der Waals surface area (Å²) in [6.45, 7) is 11.1. The fourth-order valence-corrected chi connectivity index (χ4v) is 4.93. The fourth-order valence-electron chi connectivity index (χ4n) is 3.28. The molecule has 2 heterocycles. The number of hydrogen-bond acceptors (Lipinski definition) is 3. The molecule has 0 aromatic carbocycles. The Kier molecular flexibility index (Phi) is 6.00. The van der Waals surface area contributed by atoms with E-state index in [4.69, 9.17) is 12.6 Å². The van der Waals surface area contributed by atoms with Crippen molar-refractivity contribution in [1.82, 2.24) is 0 Å². The van der Waals surface area contributed by atoms with Crippen molar-refractivity contribution in [2.24, 2.45) is 8.20 Å². The number of allylic oxidation sites excluding steroid dienone is 5. The van der Waals surface area contributed by atoms with Crippen LogP contribution in [-0.2, 0) is 0 Å². The number of dihydropyridines is 1. The van der Waals surface area contributed by atoms with Gasteiger partial charge in [0.1, 0.15) is 0 Å². The SMILES string of the molecule is CCC1=CC(C)(CC)N=C2C(CC)=C/C(=N/[I-]C(C)c3ccco3)C=C12. The molecule has 1 aromatic rings. The summed E-state index contributed by atoms with van der Waals surface area (Å²) in [7, 11) is 0. The molecule has 140 valence electrons. The molecular formula is C22H28IN2O-. The quantitative estimate of drug-likeness (QED) is 0.363. The number of hydrogen-bond donors (Lipinski definition) is 0. The first-order chi connectivity index (χ1) is 12.5. The number of alkyl halides is 1. The molecule has 0 saturated heterocycles. The molecule has 0 N–H and O–H groups in total. The first kappa shape index (κ1) is 19.3. The van der Waals surface area contributed by atoms with E-state index < -0.39 is 0 Å². The van der Waals surface area contributed by atoms with Crippen LogP contribution in [0.4, 0.5) is 0 Å². The van der Waals surface area contributed by atoms with Crippen LogP contribution in [-0.4, -0.2) is 17.0 Å². The van der Waals surface area contributed by atoms with Gasteiger partial charge in [0.25, 0.3) is 0 Å². The Balaban J connectivity index is 1.93. The van der Waals surface area contributed by atoms with E-state index in [-0.39, 0.29) is 27.0 Å². The van der Waals surface area contributed by atoms with Crippen LogP contribution in [0.3, 0.4) is 0 Å². The number of halogens is 1. The average Bonchev–Trinajstić information content (AvgIpc) is 3.20. The molecule has 26 heavy (non-hydrogen) atoms. The van der Waals surface area contributed by atoms with Crippen molar-refractivity contribution in [2.45, 2.75) is 63.3 Å². The van der Waals surface area contributed by atoms with Gasteiger partial charge in [0.05, 0.1) is 0 Å². The molecule has 2 atom stereocenters. The molecule has 1 aliphatic carbocycles. The van der Waals surface area contributed by atoms with Gasteiger partial charge in [-0.15, -0.1) is 0 Å². The molecule has 0 spiro atoms. The van der Waals surface area contributed by atoms with Crippen molar-refractivity contribution in [3.05, 3.63) is 59.1 Å². The van der Waals surface area contributed by atoms with Gasteiger partial charge in [-0.25, -0.2) is 0 Å². The van der Waals surface area contributed by atoms with Crippen molar-refractivity contribution in [1.29, 1.82) is 0 Å². The van der Waals surface area contributed by atoms with Crippen LogP contribution in [0.25, 0.3) is 0 Å². The van der Waals surface area contributed by atoms with Crippen LogP contribution in [0, 0.1) is 0 Å². The number of nitrogens with zero attached hydrogens (tertiary/aromatic N) is 2. The molecule has 3 rings (SSSR count). The maximum atomic E-state index is 5.53. The predicted molar refractivity (Wildman–Crippen MR) is 106 cm³/mol. The molecule has 3 nitrogen and oxygen atoms in total. The van der Waals surface area contributed by atoms with Gasteiger partial charge in [-0.2, -0.15) is 0 Å². The first-order valence-electron chi connectivity index (χ1n) is 9.48. The van der Waals surface area contributed by atoms with E-state index >= 15 is 0 Å². The summed E-state index contributed by atoms with van der Waals surface area (Å²) in [6.07, 6.45) is 11.6. The van der Waals surface area contributed by atoms with E-state index in [0.29, 0.717) is 3.92 Å². The number of furan rings is 1. The molecule has 1 aliphatic heterocycles. The minimum atomic E-state index is -0.362. The number of aliphatic imine (C=N–C) groups is 1. The zero-order valence-electron chi connectivity index (χ0n) is 16.3. The van der Waals surface area contributed by atoms with Gasteiger partial charge in [-0.3, -0.25) is 0 Å². The fraction of sp³-hybridized carbons (Fsp3) is 0.455. The maximum absolute atomic E-state index is 5.53. The average molecular weight is 463 g/mol. The van der Waals surface area contributed by atoms with Gasteiger partial charge in [-0.05, 0) is 0 Å². The van der Waals surface area contributed by atoms with Crippen molar-refractivity contribution < 1.29 is 25.9 Å². The normalized spacial score (nSPS) is 25.3. The zero-order chi connectivity index (χ0) is 18.7. The second-order valence-corrected chi connectivity index (χ2v) is 9.92. The van der Waals surface area contributed by atoms with Crippen LogP contribution >= 0.6 is 0 Å². The molecule has 0 amide bonds. The van der Waals surface area contributed by atoms with Gasteiger partial charge >= 0.3 is 168 Å². The topological polar surface area (TPSA) is 37.9 Å². The third-order valence-corrected chi connectivity index (χ3v) is 7.36. The summed E-state index contributed by atoms with van der Waals surface area (Å²) >= 11 is -0.362. The third kappa shape index (κ3) is 3.95. The van der Waals surface area contributed by atoms with Crippen LogP contribution in [0.5, 0.6) is 0 Å². The van der Waals surface area contributed by atoms with Gasteiger partial charge in [0.2, 0.25) is 0 Å². The number of rotatable bonds is 6. The Bertz CT molecular complexity index is 811. The van der Waals surface area contributed by atoms with E-state index in [1.807, 2.05) is 12.1 Å². The Morgan fingerprint density at radius 1 is 1.19 bits per heavy atom. The van der Waals surface area contributed by atoms with Crippen LogP contribution in [0.1, 0.15) is 63.6 Å². The second-order valence-electron chi connectivity index (χ2n) is 7.01. The third-order valence-electron chi connectivity index (χ3n) is 5.08. The Morgan fingerprint density at radius 3 is 2.58 bits per heavy atom. The predicted octanol–water partition coefficient (Wildman–Crippen LogP) is 3.02. The standard InChI is InChI=1S/C22H28IN2O/c1-6-16-12-18(25-23-15(4)20-10-9-11-26-20)13-19-17(7-2)14-22(5,8-3)24-21(16)19/h9-15H,6-8H2,1-5H3/q-1/b25-18-. The van der Waals surface area contributed by atoms with Crippen molar-refractivity contribution in [2.75, 3.05) is 0 Å². The van der Waals surface area contributed by atoms with Gasteiger partial charge < -0.3 is 0 Å². The molecule has 0 bridgehead atoms. The van der Waals surface area contributed by atoms with Crippen molar-refractivity contribution in [3.63, 3.8) is 0 Å². The van der Waals surface area contributed by atoms with Crippen LogP contribution < -0.4 is 21.5 Å². The molecule has 2 aliphatic rings. The van der Waals surface area contributed by atoms with Gasteiger partial charge in [0, 0.05) is 0 Å². The van der Waals surface area contributed by atoms with Gasteiger partial charge in [0.15, 0.2) is 0 Å². The van der Waals surface area contributed by atoms with E-state index in [1.54, 1.807) is 6.26 Å². The molecule has 4 heteroatoms. The summed E-state index contributed by atoms with van der Waals surface area (Å²) < 4.78 is 10.9. The summed E-state index contributed by atoms with van der Waals surface area (Å²) in [4.78, 5) is 5.12. The number of fused-ring (bicyclic) bond motifs is 1. The zero-order valence-corrected chi connectivity index (χ0v) is 18.5. The van der Waals surface area contributed by atoms with Gasteiger partial charge in [-0.1, -0.05) is 0 Å². The molecule has 0 saturated carbocycles. The van der Waals surface area contributed by atoms with E-state index in [9.17, 15) is 0 Å². The Morgan fingerprint density at radius 2 is 1.96 bits per heavy atom. The molecule has 0 fully saturated rings. The summed E-state index contributed by atoms with van der Waals surface area (Å²) in [6, 6.07) is 4.00. The second kappa shape index (κ2) is 8.07. The van der Waals surface area contributed by atoms with Crippen molar-refractivity contribution >= 4 is 11.4 Å². The monoisotopic (exact) mass is 463 g/mol. The molecule has 2 unspecified atom stereocenters. The van der Waals surface area contributed by atoms with E-state index in [0.717, 1.165) is 30.7 Å². The molecular weight excluding hydrogens is 435 g/mol. The van der Waals surface area contributed by atoms with E-state index in [1.165, 1.54) is 22.4 Å². The van der Waals surface area contributed by atoms with Crippen molar-refractivity contribution in [3.8, 4) is 0 Å². The summed E-state index contributed by atoms with van der Waals surface area (Å²) in [5, 5.41) is 0. The molecule has 1 aromatic heterocycles. The first-order valence-corrected chi connectivity index (χ1v) is 11.7.